The Morgan fingerprint density at radius 1 is 1.24 bits per heavy atom. The standard InChI is InChI=1S/C16H11BrClFN2O4/c17-16(19,10-4-2-1-3-5-10)15(23)20-11-6-7-12(13(18)8-11)14(22)9-21(24)25/h1-8H,9H2,(H,20,23). The Balaban J connectivity index is 2.18. The second kappa shape index (κ2) is 7.71. The van der Waals surface area contributed by atoms with E-state index in [0.29, 0.717) is 0 Å². The van der Waals surface area contributed by atoms with Gasteiger partial charge in [-0.05, 0) is 34.1 Å². The molecule has 0 aliphatic carbocycles. The van der Waals surface area contributed by atoms with Crippen LogP contribution in [0.25, 0.3) is 0 Å². The first-order chi connectivity index (χ1) is 11.7. The number of ketones is 1. The molecule has 0 saturated heterocycles. The number of anilines is 1. The lowest BCUT2D eigenvalue weighted by Gasteiger charge is -2.18. The number of alkyl halides is 2. The lowest BCUT2D eigenvalue weighted by atomic mass is 10.1. The molecule has 2 aromatic rings. The summed E-state index contributed by atoms with van der Waals surface area (Å²) >= 11 is 8.68. The van der Waals surface area contributed by atoms with Gasteiger partial charge in [0, 0.05) is 21.7 Å². The zero-order valence-electron chi connectivity index (χ0n) is 12.5. The average Bonchev–Trinajstić information content (AvgIpc) is 2.55. The zero-order chi connectivity index (χ0) is 18.6. The number of carbonyl (C=O) groups excluding carboxylic acids is 2. The van der Waals surface area contributed by atoms with E-state index in [1.807, 2.05) is 0 Å². The fourth-order valence-corrected chi connectivity index (χ4v) is 2.66. The van der Waals surface area contributed by atoms with E-state index in [2.05, 4.69) is 21.2 Å². The quantitative estimate of drug-likeness (QED) is 0.326. The van der Waals surface area contributed by atoms with Crippen LogP contribution in [-0.2, 0) is 9.37 Å². The molecule has 6 nitrogen and oxygen atoms in total. The van der Waals surface area contributed by atoms with Crippen LogP contribution in [0.1, 0.15) is 15.9 Å². The number of carbonyl (C=O) groups is 2. The summed E-state index contributed by atoms with van der Waals surface area (Å²) < 4.78 is 12.2. The predicted molar refractivity (Wildman–Crippen MR) is 94.4 cm³/mol. The average molecular weight is 430 g/mol. The first-order valence-electron chi connectivity index (χ1n) is 6.91. The van der Waals surface area contributed by atoms with Crippen LogP contribution in [-0.4, -0.2) is 23.2 Å². The summed E-state index contributed by atoms with van der Waals surface area (Å²) in [6.07, 6.45) is 0. The number of nitro groups is 1. The van der Waals surface area contributed by atoms with Gasteiger partial charge in [0.05, 0.1) is 5.02 Å². The summed E-state index contributed by atoms with van der Waals surface area (Å²) in [5.74, 6) is -1.75. The Morgan fingerprint density at radius 3 is 2.44 bits per heavy atom. The Bertz CT molecular complexity index is 830. The van der Waals surface area contributed by atoms with Crippen LogP contribution in [0.5, 0.6) is 0 Å². The van der Waals surface area contributed by atoms with Crippen molar-refractivity contribution in [1.29, 1.82) is 0 Å². The molecule has 1 atom stereocenters. The van der Waals surface area contributed by atoms with E-state index in [4.69, 9.17) is 11.6 Å². The fourth-order valence-electron chi connectivity index (χ4n) is 2.01. The molecule has 0 fully saturated rings. The lowest BCUT2D eigenvalue weighted by molar-refractivity contribution is -0.465. The molecule has 130 valence electrons. The SMILES string of the molecule is O=C(C[N+](=O)[O-])c1ccc(NC(=O)C(F)(Br)c2ccccc2)cc1Cl. The number of nitrogens with one attached hydrogen (secondary N) is 1. The molecule has 0 spiro atoms. The van der Waals surface area contributed by atoms with Gasteiger partial charge < -0.3 is 5.32 Å². The molecule has 9 heteroatoms. The van der Waals surface area contributed by atoms with Crippen LogP contribution >= 0.6 is 27.5 Å². The van der Waals surface area contributed by atoms with Gasteiger partial charge in [0.2, 0.25) is 5.78 Å². The van der Waals surface area contributed by atoms with Crippen molar-refractivity contribution < 1.29 is 18.9 Å². The number of benzene rings is 2. The summed E-state index contributed by atoms with van der Waals surface area (Å²) in [4.78, 5) is 33.5. The highest BCUT2D eigenvalue weighted by Gasteiger charge is 2.37. The summed E-state index contributed by atoms with van der Waals surface area (Å²) in [6.45, 7) is -0.894. The second-order valence-electron chi connectivity index (χ2n) is 5.00. The predicted octanol–water partition coefficient (Wildman–Crippen LogP) is 3.96. The summed E-state index contributed by atoms with van der Waals surface area (Å²) in [5.41, 5.74) is 0.200. The third-order valence-corrected chi connectivity index (χ3v) is 4.35. The van der Waals surface area contributed by atoms with Crippen molar-refractivity contribution in [1.82, 2.24) is 0 Å². The molecular formula is C16H11BrClFN2O4. The van der Waals surface area contributed by atoms with Gasteiger partial charge in [-0.1, -0.05) is 41.9 Å². The van der Waals surface area contributed by atoms with E-state index in [0.717, 1.165) is 0 Å². The van der Waals surface area contributed by atoms with Gasteiger partial charge in [-0.15, -0.1) is 0 Å². The number of halogens is 3. The van der Waals surface area contributed by atoms with Crippen LogP contribution in [0.15, 0.2) is 48.5 Å². The number of nitrogens with zero attached hydrogens (tertiary/aromatic N) is 1. The van der Waals surface area contributed by atoms with E-state index in [1.54, 1.807) is 18.2 Å². The van der Waals surface area contributed by atoms with Crippen molar-refractivity contribution in [3.63, 3.8) is 0 Å². The molecule has 0 saturated carbocycles. The number of hydrogen-bond acceptors (Lipinski definition) is 4. The van der Waals surface area contributed by atoms with Crippen LogP contribution in [0.3, 0.4) is 0 Å². The van der Waals surface area contributed by atoms with Crippen molar-refractivity contribution in [2.45, 2.75) is 4.58 Å². The number of Topliss-reactive ketones (excluding diaryl/α,β-unsaturated/α-hetero) is 1. The summed E-state index contributed by atoms with van der Waals surface area (Å²) in [7, 11) is 0. The van der Waals surface area contributed by atoms with Gasteiger partial charge in [-0.2, -0.15) is 0 Å². The van der Waals surface area contributed by atoms with Crippen LogP contribution in [0, 0.1) is 10.1 Å². The van der Waals surface area contributed by atoms with E-state index in [9.17, 15) is 24.1 Å². The Labute approximate surface area is 155 Å². The molecule has 0 aliphatic heterocycles. The van der Waals surface area contributed by atoms with Gasteiger partial charge in [-0.25, -0.2) is 4.39 Å². The van der Waals surface area contributed by atoms with E-state index in [1.165, 1.54) is 30.3 Å². The van der Waals surface area contributed by atoms with Crippen molar-refractivity contribution in [3.8, 4) is 0 Å². The normalized spacial score (nSPS) is 12.9. The van der Waals surface area contributed by atoms with Gasteiger partial charge in [0.1, 0.15) is 0 Å². The highest BCUT2D eigenvalue weighted by Crippen LogP contribution is 2.34. The molecule has 1 N–H and O–H groups in total. The molecule has 1 amide bonds. The summed E-state index contributed by atoms with van der Waals surface area (Å²) in [5, 5.41) is 12.6. The highest BCUT2D eigenvalue weighted by atomic mass is 79.9. The third kappa shape index (κ3) is 4.61. The van der Waals surface area contributed by atoms with Crippen LogP contribution in [0.4, 0.5) is 10.1 Å². The highest BCUT2D eigenvalue weighted by molar-refractivity contribution is 9.10. The maximum atomic E-state index is 14.7. The number of hydrogen-bond donors (Lipinski definition) is 1. The minimum atomic E-state index is -2.46. The van der Waals surface area contributed by atoms with Gasteiger partial charge in [0.15, 0.2) is 0 Å². The van der Waals surface area contributed by atoms with Gasteiger partial charge in [0.25, 0.3) is 17.0 Å². The zero-order valence-corrected chi connectivity index (χ0v) is 14.9. The molecular weight excluding hydrogens is 419 g/mol. The van der Waals surface area contributed by atoms with Crippen molar-refractivity contribution >= 4 is 44.9 Å². The molecule has 1 unspecified atom stereocenters. The van der Waals surface area contributed by atoms with Crippen LogP contribution < -0.4 is 5.32 Å². The van der Waals surface area contributed by atoms with Crippen LogP contribution in [0.2, 0.25) is 5.02 Å². The third-order valence-electron chi connectivity index (χ3n) is 3.22. The second-order valence-corrected chi connectivity index (χ2v) is 6.50. The molecule has 2 rings (SSSR count). The minimum absolute atomic E-state index is 0.0511. The molecule has 0 aliphatic rings. The molecule has 25 heavy (non-hydrogen) atoms. The largest absolute Gasteiger partial charge is 0.322 e. The first kappa shape index (κ1) is 19.0. The van der Waals surface area contributed by atoms with E-state index in [-0.39, 0.29) is 21.8 Å². The first-order valence-corrected chi connectivity index (χ1v) is 8.08. The number of amides is 1. The van der Waals surface area contributed by atoms with Gasteiger partial charge in [-0.3, -0.25) is 19.7 Å². The molecule has 0 radical (unpaired) electrons. The van der Waals surface area contributed by atoms with Crippen molar-refractivity contribution in [2.24, 2.45) is 0 Å². The molecule has 0 bridgehead atoms. The monoisotopic (exact) mass is 428 g/mol. The minimum Gasteiger partial charge on any atom is -0.322 e. The summed E-state index contributed by atoms with van der Waals surface area (Å²) in [6, 6.07) is 11.5. The number of rotatable bonds is 6. The smallest absolute Gasteiger partial charge is 0.277 e. The Kier molecular flexibility index (Phi) is 5.86. The molecule has 0 aromatic heterocycles. The fraction of sp³-hybridized carbons (Fsp3) is 0.125. The van der Waals surface area contributed by atoms with Crippen molar-refractivity contribution in [3.05, 3.63) is 74.8 Å². The lowest BCUT2D eigenvalue weighted by Crippen LogP contribution is -2.30. The Morgan fingerprint density at radius 2 is 1.88 bits per heavy atom. The maximum Gasteiger partial charge on any atom is 0.277 e. The topological polar surface area (TPSA) is 89.3 Å². The maximum absolute atomic E-state index is 14.7. The molecule has 0 heterocycles. The van der Waals surface area contributed by atoms with Crippen molar-refractivity contribution in [2.75, 3.05) is 11.9 Å². The van der Waals surface area contributed by atoms with E-state index < -0.39 is 27.7 Å². The van der Waals surface area contributed by atoms with E-state index >= 15 is 0 Å². The Hall–Kier alpha value is -2.32. The van der Waals surface area contributed by atoms with Gasteiger partial charge >= 0.3 is 0 Å². The molecule has 2 aromatic carbocycles.